The van der Waals surface area contributed by atoms with E-state index in [2.05, 4.69) is 17.2 Å². The van der Waals surface area contributed by atoms with Crippen molar-refractivity contribution in [2.75, 3.05) is 25.1 Å². The van der Waals surface area contributed by atoms with Crippen LogP contribution in [0, 0.1) is 0 Å². The summed E-state index contributed by atoms with van der Waals surface area (Å²) in [7, 11) is 0. The van der Waals surface area contributed by atoms with Gasteiger partial charge in [0.1, 0.15) is 5.52 Å². The number of rotatable bonds is 8. The van der Waals surface area contributed by atoms with Crippen molar-refractivity contribution in [2.45, 2.75) is 26.2 Å². The SMILES string of the molecule is CCCCOCCCNc1nc2ccccc2o1. The number of hydrogen-bond donors (Lipinski definition) is 1. The summed E-state index contributed by atoms with van der Waals surface area (Å²) in [6.07, 6.45) is 3.28. The number of nitrogens with one attached hydrogen (secondary N) is 1. The van der Waals surface area contributed by atoms with Crippen molar-refractivity contribution in [2.24, 2.45) is 0 Å². The number of para-hydroxylation sites is 2. The lowest BCUT2D eigenvalue weighted by molar-refractivity contribution is 0.131. The molecule has 0 bridgehead atoms. The zero-order valence-corrected chi connectivity index (χ0v) is 10.8. The van der Waals surface area contributed by atoms with E-state index in [-0.39, 0.29) is 0 Å². The highest BCUT2D eigenvalue weighted by Gasteiger charge is 2.03. The van der Waals surface area contributed by atoms with Gasteiger partial charge in [0.2, 0.25) is 0 Å². The Morgan fingerprint density at radius 3 is 2.89 bits per heavy atom. The molecule has 98 valence electrons. The van der Waals surface area contributed by atoms with Crippen LogP contribution in [0.4, 0.5) is 6.01 Å². The normalized spacial score (nSPS) is 10.9. The number of hydrogen-bond acceptors (Lipinski definition) is 4. The summed E-state index contributed by atoms with van der Waals surface area (Å²) < 4.78 is 11.0. The predicted molar refractivity (Wildman–Crippen MR) is 72.8 cm³/mol. The quantitative estimate of drug-likeness (QED) is 0.727. The Morgan fingerprint density at radius 2 is 2.06 bits per heavy atom. The van der Waals surface area contributed by atoms with Gasteiger partial charge in [0.15, 0.2) is 5.58 Å². The molecule has 1 heterocycles. The van der Waals surface area contributed by atoms with E-state index < -0.39 is 0 Å². The first-order chi connectivity index (χ1) is 8.90. The van der Waals surface area contributed by atoms with Crippen LogP contribution in [-0.2, 0) is 4.74 Å². The maximum absolute atomic E-state index is 5.55. The first-order valence-corrected chi connectivity index (χ1v) is 6.57. The second-order valence-electron chi connectivity index (χ2n) is 4.23. The Hall–Kier alpha value is -1.55. The molecule has 2 aromatic rings. The van der Waals surface area contributed by atoms with E-state index in [1.807, 2.05) is 24.3 Å². The third kappa shape index (κ3) is 3.74. The van der Waals surface area contributed by atoms with Crippen molar-refractivity contribution < 1.29 is 9.15 Å². The second-order valence-corrected chi connectivity index (χ2v) is 4.23. The fraction of sp³-hybridized carbons (Fsp3) is 0.500. The van der Waals surface area contributed by atoms with E-state index in [4.69, 9.17) is 9.15 Å². The fourth-order valence-corrected chi connectivity index (χ4v) is 1.67. The van der Waals surface area contributed by atoms with E-state index in [1.165, 1.54) is 6.42 Å². The molecule has 0 unspecified atom stereocenters. The second kappa shape index (κ2) is 7.01. The molecular weight excluding hydrogens is 228 g/mol. The molecule has 2 rings (SSSR count). The van der Waals surface area contributed by atoms with E-state index in [9.17, 15) is 0 Å². The van der Waals surface area contributed by atoms with Crippen LogP contribution in [0.25, 0.3) is 11.1 Å². The Labute approximate surface area is 107 Å². The molecule has 0 aliphatic carbocycles. The topological polar surface area (TPSA) is 47.3 Å². The standard InChI is InChI=1S/C14H20N2O2/c1-2-3-10-17-11-6-9-15-14-16-12-7-4-5-8-13(12)18-14/h4-5,7-8H,2-3,6,9-11H2,1H3,(H,15,16). The number of nitrogens with zero attached hydrogens (tertiary/aromatic N) is 1. The van der Waals surface area contributed by atoms with Gasteiger partial charge >= 0.3 is 0 Å². The zero-order chi connectivity index (χ0) is 12.6. The monoisotopic (exact) mass is 248 g/mol. The van der Waals surface area contributed by atoms with Gasteiger partial charge < -0.3 is 14.5 Å². The van der Waals surface area contributed by atoms with Crippen molar-refractivity contribution in [3.8, 4) is 0 Å². The van der Waals surface area contributed by atoms with E-state index in [0.717, 1.165) is 43.7 Å². The lowest BCUT2D eigenvalue weighted by Crippen LogP contribution is -2.06. The largest absolute Gasteiger partial charge is 0.424 e. The third-order valence-electron chi connectivity index (χ3n) is 2.68. The maximum atomic E-state index is 5.55. The van der Waals surface area contributed by atoms with Gasteiger partial charge in [0.25, 0.3) is 6.01 Å². The molecule has 0 spiro atoms. The summed E-state index contributed by atoms with van der Waals surface area (Å²) in [6, 6.07) is 8.35. The van der Waals surface area contributed by atoms with E-state index in [1.54, 1.807) is 0 Å². The summed E-state index contributed by atoms with van der Waals surface area (Å²) in [6.45, 7) is 4.63. The molecule has 0 saturated heterocycles. The van der Waals surface area contributed by atoms with Crippen LogP contribution in [0.5, 0.6) is 0 Å². The summed E-state index contributed by atoms with van der Waals surface area (Å²) in [5, 5.41) is 3.17. The molecule has 1 N–H and O–H groups in total. The van der Waals surface area contributed by atoms with Crippen molar-refractivity contribution in [3.63, 3.8) is 0 Å². The summed E-state index contributed by atoms with van der Waals surface area (Å²) in [4.78, 5) is 4.34. The summed E-state index contributed by atoms with van der Waals surface area (Å²) >= 11 is 0. The highest BCUT2D eigenvalue weighted by Crippen LogP contribution is 2.17. The number of unbranched alkanes of at least 4 members (excludes halogenated alkanes) is 1. The van der Waals surface area contributed by atoms with Crippen molar-refractivity contribution in [1.29, 1.82) is 0 Å². The number of benzene rings is 1. The Morgan fingerprint density at radius 1 is 1.22 bits per heavy atom. The fourth-order valence-electron chi connectivity index (χ4n) is 1.67. The average Bonchev–Trinajstić information content (AvgIpc) is 2.80. The Bertz CT molecular complexity index is 435. The van der Waals surface area contributed by atoms with Crippen LogP contribution < -0.4 is 5.32 Å². The van der Waals surface area contributed by atoms with E-state index >= 15 is 0 Å². The van der Waals surface area contributed by atoms with Crippen LogP contribution in [0.1, 0.15) is 26.2 Å². The van der Waals surface area contributed by atoms with Gasteiger partial charge in [0, 0.05) is 19.8 Å². The van der Waals surface area contributed by atoms with Gasteiger partial charge in [-0.3, -0.25) is 0 Å². The van der Waals surface area contributed by atoms with Gasteiger partial charge in [-0.25, -0.2) is 0 Å². The van der Waals surface area contributed by atoms with Gasteiger partial charge in [0.05, 0.1) is 0 Å². The van der Waals surface area contributed by atoms with Crippen LogP contribution in [-0.4, -0.2) is 24.7 Å². The number of ether oxygens (including phenoxy) is 1. The molecule has 0 amide bonds. The lowest BCUT2D eigenvalue weighted by Gasteiger charge is -2.03. The zero-order valence-electron chi connectivity index (χ0n) is 10.8. The molecule has 0 aliphatic heterocycles. The molecule has 0 atom stereocenters. The van der Waals surface area contributed by atoms with Crippen molar-refractivity contribution in [1.82, 2.24) is 4.98 Å². The van der Waals surface area contributed by atoms with Crippen molar-refractivity contribution in [3.05, 3.63) is 24.3 Å². The molecule has 4 heteroatoms. The smallest absolute Gasteiger partial charge is 0.295 e. The molecule has 0 fully saturated rings. The van der Waals surface area contributed by atoms with Gasteiger partial charge in [-0.1, -0.05) is 25.5 Å². The maximum Gasteiger partial charge on any atom is 0.295 e. The number of oxazole rings is 1. The summed E-state index contributed by atoms with van der Waals surface area (Å²) in [5.74, 6) is 0. The minimum Gasteiger partial charge on any atom is -0.424 e. The number of anilines is 1. The van der Waals surface area contributed by atoms with Crippen LogP contribution in [0.15, 0.2) is 28.7 Å². The molecule has 1 aromatic carbocycles. The molecule has 0 aliphatic rings. The third-order valence-corrected chi connectivity index (χ3v) is 2.68. The van der Waals surface area contributed by atoms with Crippen LogP contribution >= 0.6 is 0 Å². The minimum atomic E-state index is 0.588. The van der Waals surface area contributed by atoms with Crippen LogP contribution in [0.2, 0.25) is 0 Å². The molecule has 4 nitrogen and oxygen atoms in total. The first kappa shape index (κ1) is 12.9. The highest BCUT2D eigenvalue weighted by atomic mass is 16.5. The van der Waals surface area contributed by atoms with Gasteiger partial charge in [-0.2, -0.15) is 4.98 Å². The van der Waals surface area contributed by atoms with E-state index in [0.29, 0.717) is 6.01 Å². The number of fused-ring (bicyclic) bond motifs is 1. The number of aromatic nitrogens is 1. The lowest BCUT2D eigenvalue weighted by atomic mass is 10.3. The summed E-state index contributed by atoms with van der Waals surface area (Å²) in [5.41, 5.74) is 1.71. The minimum absolute atomic E-state index is 0.588. The van der Waals surface area contributed by atoms with Crippen LogP contribution in [0.3, 0.4) is 0 Å². The highest BCUT2D eigenvalue weighted by molar-refractivity contribution is 5.74. The molecular formula is C14H20N2O2. The predicted octanol–water partition coefficient (Wildman–Crippen LogP) is 3.45. The average molecular weight is 248 g/mol. The van der Waals surface area contributed by atoms with Crippen molar-refractivity contribution >= 4 is 17.1 Å². The molecule has 0 radical (unpaired) electrons. The Kier molecular flexibility index (Phi) is 5.02. The molecule has 1 aromatic heterocycles. The Balaban J connectivity index is 1.67. The first-order valence-electron chi connectivity index (χ1n) is 6.57. The molecule has 18 heavy (non-hydrogen) atoms. The van der Waals surface area contributed by atoms with Gasteiger partial charge in [-0.15, -0.1) is 0 Å². The molecule has 0 saturated carbocycles. The van der Waals surface area contributed by atoms with Gasteiger partial charge in [-0.05, 0) is 25.0 Å².